The largest absolute Gasteiger partial charge is 0.282 e. The zero-order chi connectivity index (χ0) is 13.1. The summed E-state index contributed by atoms with van der Waals surface area (Å²) in [7, 11) is 0. The van der Waals surface area contributed by atoms with Gasteiger partial charge in [0, 0.05) is 6.54 Å². The Hall–Kier alpha value is -1.12. The third-order valence-corrected chi connectivity index (χ3v) is 4.65. The van der Waals surface area contributed by atoms with Crippen LogP contribution in [0.25, 0.3) is 0 Å². The first kappa shape index (κ1) is 11.9. The van der Waals surface area contributed by atoms with Gasteiger partial charge in [0.05, 0.1) is 11.8 Å². The molecule has 0 aromatic rings. The zero-order valence-electron chi connectivity index (χ0n) is 11.3. The standard InChI is InChI=1S/C15H21NO2/c1-15(2,3)6-7-16-13(17)11-9-4-5-10(8-9)12(11)14(16)18/h4-5,9-12H,6-8H2,1-3H3. The van der Waals surface area contributed by atoms with Crippen LogP contribution in [0.1, 0.15) is 33.6 Å². The lowest BCUT2D eigenvalue weighted by atomic mass is 9.85. The maximum atomic E-state index is 12.4. The molecule has 0 spiro atoms. The Morgan fingerprint density at radius 3 is 2.06 bits per heavy atom. The molecule has 2 fully saturated rings. The summed E-state index contributed by atoms with van der Waals surface area (Å²) in [5.74, 6) is 0.768. The van der Waals surface area contributed by atoms with E-state index in [9.17, 15) is 9.59 Å². The molecule has 2 aliphatic carbocycles. The van der Waals surface area contributed by atoms with Gasteiger partial charge in [-0.2, -0.15) is 0 Å². The molecular weight excluding hydrogens is 226 g/mol. The SMILES string of the molecule is CC(C)(C)CCN1C(=O)C2C3C=CC(C3)C2C1=O. The summed E-state index contributed by atoms with van der Waals surface area (Å²) in [6.45, 7) is 7.02. The molecule has 3 heteroatoms. The fourth-order valence-corrected chi connectivity index (χ4v) is 3.63. The van der Waals surface area contributed by atoms with Crippen LogP contribution in [0.3, 0.4) is 0 Å². The Labute approximate surface area is 108 Å². The third kappa shape index (κ3) is 1.63. The topological polar surface area (TPSA) is 37.4 Å². The number of allylic oxidation sites excluding steroid dienone is 2. The molecule has 3 aliphatic rings. The van der Waals surface area contributed by atoms with E-state index in [2.05, 4.69) is 32.9 Å². The predicted octanol–water partition coefficient (Wildman–Crippen LogP) is 2.23. The smallest absolute Gasteiger partial charge is 0.233 e. The van der Waals surface area contributed by atoms with Crippen LogP contribution in [0.2, 0.25) is 0 Å². The van der Waals surface area contributed by atoms with Crippen molar-refractivity contribution in [2.75, 3.05) is 6.54 Å². The van der Waals surface area contributed by atoms with Gasteiger partial charge in [-0.15, -0.1) is 0 Å². The second-order valence-electron chi connectivity index (χ2n) is 7.14. The average molecular weight is 247 g/mol. The first-order valence-electron chi connectivity index (χ1n) is 6.92. The minimum absolute atomic E-state index is 0.0348. The second kappa shape index (κ2) is 3.69. The van der Waals surface area contributed by atoms with Gasteiger partial charge in [-0.3, -0.25) is 14.5 Å². The number of amides is 2. The van der Waals surface area contributed by atoms with Crippen LogP contribution in [0, 0.1) is 29.1 Å². The number of likely N-dealkylation sites (tertiary alicyclic amines) is 1. The van der Waals surface area contributed by atoms with E-state index >= 15 is 0 Å². The van der Waals surface area contributed by atoms with Gasteiger partial charge in [-0.25, -0.2) is 0 Å². The van der Waals surface area contributed by atoms with E-state index in [4.69, 9.17) is 0 Å². The molecule has 1 saturated heterocycles. The summed E-state index contributed by atoms with van der Waals surface area (Å²) >= 11 is 0. The maximum Gasteiger partial charge on any atom is 0.233 e. The lowest BCUT2D eigenvalue weighted by Gasteiger charge is -2.23. The highest BCUT2D eigenvalue weighted by Crippen LogP contribution is 2.52. The van der Waals surface area contributed by atoms with E-state index in [0.29, 0.717) is 18.4 Å². The van der Waals surface area contributed by atoms with Crippen molar-refractivity contribution in [3.63, 3.8) is 0 Å². The van der Waals surface area contributed by atoms with Gasteiger partial charge < -0.3 is 0 Å². The van der Waals surface area contributed by atoms with Crippen molar-refractivity contribution in [2.24, 2.45) is 29.1 Å². The fraction of sp³-hybridized carbons (Fsp3) is 0.733. The van der Waals surface area contributed by atoms with E-state index in [-0.39, 0.29) is 29.1 Å². The van der Waals surface area contributed by atoms with E-state index in [1.165, 1.54) is 4.90 Å². The first-order valence-corrected chi connectivity index (χ1v) is 6.92. The maximum absolute atomic E-state index is 12.4. The van der Waals surface area contributed by atoms with Crippen molar-refractivity contribution in [2.45, 2.75) is 33.6 Å². The van der Waals surface area contributed by atoms with E-state index < -0.39 is 0 Å². The number of rotatable bonds is 2. The minimum Gasteiger partial charge on any atom is -0.282 e. The molecule has 0 radical (unpaired) electrons. The van der Waals surface area contributed by atoms with Crippen molar-refractivity contribution in [1.82, 2.24) is 4.90 Å². The normalized spacial score (nSPS) is 37.8. The summed E-state index contributed by atoms with van der Waals surface area (Å²) in [6.07, 6.45) is 6.18. The molecule has 4 unspecified atom stereocenters. The van der Waals surface area contributed by atoms with Gasteiger partial charge in [-0.1, -0.05) is 32.9 Å². The van der Waals surface area contributed by atoms with Crippen molar-refractivity contribution in [3.8, 4) is 0 Å². The summed E-state index contributed by atoms with van der Waals surface area (Å²) in [6, 6.07) is 0. The van der Waals surface area contributed by atoms with Crippen molar-refractivity contribution < 1.29 is 9.59 Å². The minimum atomic E-state index is -0.0348. The molecule has 2 bridgehead atoms. The number of carbonyl (C=O) groups is 2. The number of nitrogens with zero attached hydrogens (tertiary/aromatic N) is 1. The highest BCUT2D eigenvalue weighted by molar-refractivity contribution is 6.06. The van der Waals surface area contributed by atoms with Gasteiger partial charge in [0.15, 0.2) is 0 Å². The number of imide groups is 1. The zero-order valence-corrected chi connectivity index (χ0v) is 11.3. The lowest BCUT2D eigenvalue weighted by molar-refractivity contribution is -0.141. The van der Waals surface area contributed by atoms with Gasteiger partial charge in [0.1, 0.15) is 0 Å². The molecule has 0 aromatic carbocycles. The first-order chi connectivity index (χ1) is 8.38. The van der Waals surface area contributed by atoms with Crippen molar-refractivity contribution >= 4 is 11.8 Å². The fourth-order valence-electron chi connectivity index (χ4n) is 3.63. The molecule has 4 atom stereocenters. The lowest BCUT2D eigenvalue weighted by Crippen LogP contribution is -2.35. The predicted molar refractivity (Wildman–Crippen MR) is 68.5 cm³/mol. The van der Waals surface area contributed by atoms with Crippen molar-refractivity contribution in [3.05, 3.63) is 12.2 Å². The van der Waals surface area contributed by atoms with Crippen molar-refractivity contribution in [1.29, 1.82) is 0 Å². The van der Waals surface area contributed by atoms with Crippen LogP contribution in [0.4, 0.5) is 0 Å². The summed E-state index contributed by atoms with van der Waals surface area (Å²) in [5.41, 5.74) is 0.162. The number of hydrogen-bond acceptors (Lipinski definition) is 2. The quantitative estimate of drug-likeness (QED) is 0.554. The van der Waals surface area contributed by atoms with Gasteiger partial charge in [0.2, 0.25) is 11.8 Å². The van der Waals surface area contributed by atoms with Gasteiger partial charge >= 0.3 is 0 Å². The molecule has 18 heavy (non-hydrogen) atoms. The van der Waals surface area contributed by atoms with Crippen LogP contribution >= 0.6 is 0 Å². The van der Waals surface area contributed by atoms with Crippen LogP contribution in [-0.4, -0.2) is 23.3 Å². The average Bonchev–Trinajstić information content (AvgIpc) is 2.90. The van der Waals surface area contributed by atoms with Gasteiger partial charge in [0.25, 0.3) is 0 Å². The molecule has 2 amide bonds. The number of hydrogen-bond donors (Lipinski definition) is 0. The Morgan fingerprint density at radius 2 is 1.61 bits per heavy atom. The Kier molecular flexibility index (Phi) is 2.45. The molecule has 1 aliphatic heterocycles. The summed E-state index contributed by atoms with van der Waals surface area (Å²) < 4.78 is 0. The van der Waals surface area contributed by atoms with E-state index in [1.54, 1.807) is 0 Å². The van der Waals surface area contributed by atoms with Crippen LogP contribution in [0.15, 0.2) is 12.2 Å². The van der Waals surface area contributed by atoms with E-state index in [1.807, 2.05) is 0 Å². The number of carbonyl (C=O) groups excluding carboxylic acids is 2. The molecule has 1 saturated carbocycles. The Balaban J connectivity index is 1.76. The Bertz CT molecular complexity index is 402. The summed E-state index contributed by atoms with van der Waals surface area (Å²) in [4.78, 5) is 26.3. The summed E-state index contributed by atoms with van der Waals surface area (Å²) in [5, 5.41) is 0. The highest BCUT2D eigenvalue weighted by Gasteiger charge is 2.58. The third-order valence-electron chi connectivity index (χ3n) is 4.65. The van der Waals surface area contributed by atoms with Crippen LogP contribution in [-0.2, 0) is 9.59 Å². The second-order valence-corrected chi connectivity index (χ2v) is 7.14. The number of fused-ring (bicyclic) bond motifs is 5. The van der Waals surface area contributed by atoms with Crippen LogP contribution < -0.4 is 0 Å². The molecular formula is C15H21NO2. The highest BCUT2D eigenvalue weighted by atomic mass is 16.2. The molecule has 0 N–H and O–H groups in total. The molecule has 1 heterocycles. The van der Waals surface area contributed by atoms with Crippen LogP contribution in [0.5, 0.6) is 0 Å². The van der Waals surface area contributed by atoms with Gasteiger partial charge in [-0.05, 0) is 30.1 Å². The Morgan fingerprint density at radius 1 is 1.11 bits per heavy atom. The molecule has 3 nitrogen and oxygen atoms in total. The molecule has 0 aromatic heterocycles. The molecule has 3 rings (SSSR count). The molecule has 98 valence electrons. The monoisotopic (exact) mass is 247 g/mol. The van der Waals surface area contributed by atoms with E-state index in [0.717, 1.165) is 12.8 Å².